The molecule has 24 heavy (non-hydrogen) atoms. The topological polar surface area (TPSA) is 44.8 Å². The van der Waals surface area contributed by atoms with Crippen molar-refractivity contribution in [2.24, 2.45) is 0 Å². The van der Waals surface area contributed by atoms with Crippen molar-refractivity contribution in [1.29, 1.82) is 0 Å². The molecule has 0 aromatic heterocycles. The van der Waals surface area contributed by atoms with Crippen LogP contribution in [0.2, 0.25) is 0 Å². The zero-order valence-corrected chi connectivity index (χ0v) is 14.9. The highest BCUT2D eigenvalue weighted by Gasteiger charge is 2.14. The summed E-state index contributed by atoms with van der Waals surface area (Å²) in [5.41, 5.74) is 2.08. The second-order valence-corrected chi connectivity index (χ2v) is 6.61. The average molecular weight is 328 g/mol. The van der Waals surface area contributed by atoms with Gasteiger partial charge in [-0.3, -0.25) is 4.79 Å². The van der Waals surface area contributed by atoms with E-state index in [-0.39, 0.29) is 17.8 Å². The molecule has 0 bridgehead atoms. The Balaban J connectivity index is 2.03. The summed E-state index contributed by atoms with van der Waals surface area (Å²) in [7, 11) is 3.14. The molecule has 4 heteroatoms. The van der Waals surface area contributed by atoms with Crippen molar-refractivity contribution in [3.63, 3.8) is 0 Å². The summed E-state index contributed by atoms with van der Waals surface area (Å²) in [6, 6.07) is 13.0. The predicted molar refractivity (Wildman–Crippen MR) is 94.0 cm³/mol. The molecule has 0 aliphatic carbocycles. The summed E-state index contributed by atoms with van der Waals surface area (Å²) < 4.78 is 15.8. The van der Waals surface area contributed by atoms with Crippen molar-refractivity contribution in [3.8, 4) is 17.2 Å². The molecule has 0 unspecified atom stereocenters. The minimum Gasteiger partial charge on any atom is -0.493 e. The maximum Gasteiger partial charge on any atom is 0.315 e. The lowest BCUT2D eigenvalue weighted by Crippen LogP contribution is -2.13. The van der Waals surface area contributed by atoms with Gasteiger partial charge in [-0.1, -0.05) is 39.0 Å². The normalized spacial score (nSPS) is 11.0. The minimum atomic E-state index is -0.314. The minimum absolute atomic E-state index is 0.0716. The number of carbonyl (C=O) groups is 1. The number of methoxy groups -OCH3 is 2. The van der Waals surface area contributed by atoms with Crippen molar-refractivity contribution in [2.45, 2.75) is 32.6 Å². The molecule has 2 aromatic rings. The third-order valence-electron chi connectivity index (χ3n) is 3.75. The predicted octanol–water partition coefficient (Wildman–Crippen LogP) is 4.15. The Bertz CT molecular complexity index is 697. The second-order valence-electron chi connectivity index (χ2n) is 6.61. The zero-order valence-electron chi connectivity index (χ0n) is 14.9. The molecule has 2 rings (SSSR count). The van der Waals surface area contributed by atoms with E-state index in [4.69, 9.17) is 14.2 Å². The third kappa shape index (κ3) is 4.51. The molecule has 0 aliphatic rings. The number of rotatable bonds is 5. The van der Waals surface area contributed by atoms with Crippen LogP contribution in [0.3, 0.4) is 0 Å². The van der Waals surface area contributed by atoms with Crippen LogP contribution < -0.4 is 14.2 Å². The molecule has 0 heterocycles. The summed E-state index contributed by atoms with van der Waals surface area (Å²) in [5.74, 6) is 1.46. The first-order valence-corrected chi connectivity index (χ1v) is 7.85. The largest absolute Gasteiger partial charge is 0.493 e. The molecule has 0 atom stereocenters. The lowest BCUT2D eigenvalue weighted by molar-refractivity contribution is -0.133. The van der Waals surface area contributed by atoms with Crippen LogP contribution >= 0.6 is 0 Å². The number of ether oxygens (including phenoxy) is 3. The molecule has 0 amide bonds. The summed E-state index contributed by atoms with van der Waals surface area (Å²) in [6.07, 6.45) is 0.168. The molecule has 0 N–H and O–H groups in total. The number of carbonyl (C=O) groups excluding carboxylic acids is 1. The van der Waals surface area contributed by atoms with Crippen molar-refractivity contribution < 1.29 is 19.0 Å². The first-order valence-electron chi connectivity index (χ1n) is 7.85. The maximum absolute atomic E-state index is 12.1. The Morgan fingerprint density at radius 1 is 0.917 bits per heavy atom. The third-order valence-corrected chi connectivity index (χ3v) is 3.75. The molecule has 2 aromatic carbocycles. The fourth-order valence-electron chi connectivity index (χ4n) is 2.35. The molecule has 0 fully saturated rings. The highest BCUT2D eigenvalue weighted by Crippen LogP contribution is 2.28. The molecular weight excluding hydrogens is 304 g/mol. The zero-order chi connectivity index (χ0) is 17.7. The van der Waals surface area contributed by atoms with E-state index in [0.29, 0.717) is 17.2 Å². The molecule has 0 saturated heterocycles. The van der Waals surface area contributed by atoms with Gasteiger partial charge in [-0.25, -0.2) is 0 Å². The van der Waals surface area contributed by atoms with Crippen LogP contribution in [0.25, 0.3) is 0 Å². The molecule has 0 saturated carbocycles. The highest BCUT2D eigenvalue weighted by molar-refractivity contribution is 5.75. The van der Waals surface area contributed by atoms with E-state index in [2.05, 4.69) is 20.8 Å². The fourth-order valence-corrected chi connectivity index (χ4v) is 2.35. The standard InChI is InChI=1S/C20H24O4/c1-20(2,3)15-7-9-16(10-8-15)24-19(21)13-14-6-11-17(22-4)18(12-14)23-5/h6-12H,13H2,1-5H3. The summed E-state index contributed by atoms with van der Waals surface area (Å²) in [5, 5.41) is 0. The lowest BCUT2D eigenvalue weighted by atomic mass is 9.87. The smallest absolute Gasteiger partial charge is 0.315 e. The number of hydrogen-bond acceptors (Lipinski definition) is 4. The Kier molecular flexibility index (Phi) is 5.50. The Morgan fingerprint density at radius 2 is 1.54 bits per heavy atom. The van der Waals surface area contributed by atoms with Crippen LogP contribution in [0.15, 0.2) is 42.5 Å². The number of benzene rings is 2. The van der Waals surface area contributed by atoms with E-state index < -0.39 is 0 Å². The van der Waals surface area contributed by atoms with E-state index in [9.17, 15) is 4.79 Å². The van der Waals surface area contributed by atoms with E-state index in [1.165, 1.54) is 5.56 Å². The SMILES string of the molecule is COc1ccc(CC(=O)Oc2ccc(C(C)(C)C)cc2)cc1OC. The Hall–Kier alpha value is -2.49. The lowest BCUT2D eigenvalue weighted by Gasteiger charge is -2.19. The van der Waals surface area contributed by atoms with Crippen molar-refractivity contribution in [1.82, 2.24) is 0 Å². The van der Waals surface area contributed by atoms with E-state index >= 15 is 0 Å². The van der Waals surface area contributed by atoms with E-state index in [1.54, 1.807) is 26.4 Å². The quantitative estimate of drug-likeness (QED) is 0.611. The molecular formula is C20H24O4. The van der Waals surface area contributed by atoms with Gasteiger partial charge in [0.15, 0.2) is 11.5 Å². The van der Waals surface area contributed by atoms with Crippen LogP contribution in [0, 0.1) is 0 Å². The molecule has 0 spiro atoms. The van der Waals surface area contributed by atoms with Gasteiger partial charge in [-0.2, -0.15) is 0 Å². The van der Waals surface area contributed by atoms with E-state index in [1.807, 2.05) is 30.3 Å². The van der Waals surface area contributed by atoms with Gasteiger partial charge in [0, 0.05) is 0 Å². The first-order chi connectivity index (χ1) is 11.3. The second kappa shape index (κ2) is 7.39. The Morgan fingerprint density at radius 3 is 2.08 bits per heavy atom. The van der Waals surface area contributed by atoms with Crippen LogP contribution in [-0.4, -0.2) is 20.2 Å². The molecule has 128 valence electrons. The summed E-state index contributed by atoms with van der Waals surface area (Å²) in [4.78, 5) is 12.1. The fraction of sp³-hybridized carbons (Fsp3) is 0.350. The van der Waals surface area contributed by atoms with Gasteiger partial charge in [0.1, 0.15) is 5.75 Å². The monoisotopic (exact) mass is 328 g/mol. The van der Waals surface area contributed by atoms with Gasteiger partial charge in [0.05, 0.1) is 20.6 Å². The molecule has 0 radical (unpaired) electrons. The van der Waals surface area contributed by atoms with Gasteiger partial charge in [0.25, 0.3) is 0 Å². The average Bonchev–Trinajstić information content (AvgIpc) is 2.54. The van der Waals surface area contributed by atoms with Crippen LogP contribution in [0.1, 0.15) is 31.9 Å². The van der Waals surface area contributed by atoms with Crippen LogP contribution in [-0.2, 0) is 16.6 Å². The Labute approximate surface area is 143 Å². The molecule has 4 nitrogen and oxygen atoms in total. The first kappa shape index (κ1) is 17.9. The van der Waals surface area contributed by atoms with Crippen molar-refractivity contribution in [2.75, 3.05) is 14.2 Å². The van der Waals surface area contributed by atoms with E-state index in [0.717, 1.165) is 5.56 Å². The number of hydrogen-bond donors (Lipinski definition) is 0. The van der Waals surface area contributed by atoms with Gasteiger partial charge in [0.2, 0.25) is 0 Å². The van der Waals surface area contributed by atoms with Gasteiger partial charge < -0.3 is 14.2 Å². The van der Waals surface area contributed by atoms with Gasteiger partial charge in [-0.05, 0) is 40.8 Å². The van der Waals surface area contributed by atoms with Gasteiger partial charge in [-0.15, -0.1) is 0 Å². The van der Waals surface area contributed by atoms with Crippen molar-refractivity contribution >= 4 is 5.97 Å². The number of esters is 1. The summed E-state index contributed by atoms with van der Waals surface area (Å²) >= 11 is 0. The van der Waals surface area contributed by atoms with Crippen LogP contribution in [0.5, 0.6) is 17.2 Å². The highest BCUT2D eigenvalue weighted by atomic mass is 16.5. The molecule has 0 aliphatic heterocycles. The van der Waals surface area contributed by atoms with Gasteiger partial charge >= 0.3 is 5.97 Å². The van der Waals surface area contributed by atoms with Crippen molar-refractivity contribution in [3.05, 3.63) is 53.6 Å². The summed E-state index contributed by atoms with van der Waals surface area (Å²) in [6.45, 7) is 6.43. The maximum atomic E-state index is 12.1. The van der Waals surface area contributed by atoms with Crippen LogP contribution in [0.4, 0.5) is 0 Å².